The van der Waals surface area contributed by atoms with Crippen LogP contribution in [0.1, 0.15) is 27.2 Å². The van der Waals surface area contributed by atoms with Crippen molar-refractivity contribution in [3.05, 3.63) is 0 Å². The fraction of sp³-hybridized carbons (Fsp3) is 0.889. The predicted molar refractivity (Wildman–Crippen MR) is 58.3 cm³/mol. The molecule has 0 aliphatic carbocycles. The Morgan fingerprint density at radius 2 is 1.83 bits per heavy atom. The third-order valence-electron chi connectivity index (χ3n) is 1.73. The van der Waals surface area contributed by atoms with Crippen molar-refractivity contribution < 1.29 is 0 Å². The van der Waals surface area contributed by atoms with E-state index in [1.54, 1.807) is 0 Å². The van der Waals surface area contributed by atoms with E-state index in [9.17, 15) is 0 Å². The van der Waals surface area contributed by atoms with Gasteiger partial charge in [0, 0.05) is 13.1 Å². The highest BCUT2D eigenvalue weighted by molar-refractivity contribution is 7.99. The number of nitrogens with one attached hydrogen (secondary N) is 1. The molecule has 0 aliphatic heterocycles. The Morgan fingerprint density at radius 1 is 1.25 bits per heavy atom. The topological polar surface area (TPSA) is 27.1 Å². The van der Waals surface area contributed by atoms with Gasteiger partial charge >= 0.3 is 0 Å². The van der Waals surface area contributed by atoms with Crippen molar-refractivity contribution in [2.45, 2.75) is 27.2 Å². The summed E-state index contributed by atoms with van der Waals surface area (Å²) in [5.41, 5.74) is 0. The van der Waals surface area contributed by atoms with Crippen LogP contribution in [0.15, 0.2) is 0 Å². The van der Waals surface area contributed by atoms with E-state index in [1.807, 2.05) is 11.8 Å². The maximum atomic E-state index is 7.73. The van der Waals surface area contributed by atoms with Crippen LogP contribution in [0.4, 0.5) is 0 Å². The number of hydrogen-bond donors (Lipinski definition) is 1. The van der Waals surface area contributed by atoms with E-state index < -0.39 is 0 Å². The second-order valence-corrected chi connectivity index (χ2v) is 3.78. The molecule has 0 saturated heterocycles. The standard InChI is InChI=1S/C9H20N2S/c1-4-7-12-8-9(10)11(5-2)6-3/h10H,4-8H2,1-3H3. The van der Waals surface area contributed by atoms with Gasteiger partial charge in [0.25, 0.3) is 0 Å². The summed E-state index contributed by atoms with van der Waals surface area (Å²) in [6.07, 6.45) is 1.20. The van der Waals surface area contributed by atoms with Crippen LogP contribution in [0, 0.1) is 5.41 Å². The van der Waals surface area contributed by atoms with Crippen LogP contribution in [-0.2, 0) is 0 Å². The van der Waals surface area contributed by atoms with Crippen molar-refractivity contribution in [2.75, 3.05) is 24.6 Å². The summed E-state index contributed by atoms with van der Waals surface area (Å²) in [5, 5.41) is 7.73. The first kappa shape index (κ1) is 11.8. The van der Waals surface area contributed by atoms with Gasteiger partial charge < -0.3 is 4.90 Å². The molecule has 1 N–H and O–H groups in total. The predicted octanol–water partition coefficient (Wildman–Crippen LogP) is 2.45. The lowest BCUT2D eigenvalue weighted by molar-refractivity contribution is 0.461. The molecular weight excluding hydrogens is 168 g/mol. The molecule has 0 heterocycles. The minimum Gasteiger partial charge on any atom is -0.360 e. The SMILES string of the molecule is CCCSCC(=N)N(CC)CC. The number of nitrogens with zero attached hydrogens (tertiary/aromatic N) is 1. The molecule has 0 aromatic rings. The third kappa shape index (κ3) is 4.65. The fourth-order valence-corrected chi connectivity index (χ4v) is 1.82. The van der Waals surface area contributed by atoms with Crippen molar-refractivity contribution in [3.63, 3.8) is 0 Å². The van der Waals surface area contributed by atoms with Crippen LogP contribution >= 0.6 is 11.8 Å². The summed E-state index contributed by atoms with van der Waals surface area (Å²) in [6, 6.07) is 0. The van der Waals surface area contributed by atoms with Crippen LogP contribution in [-0.4, -0.2) is 35.3 Å². The first-order valence-electron chi connectivity index (χ1n) is 4.66. The molecular formula is C9H20N2S. The lowest BCUT2D eigenvalue weighted by Gasteiger charge is -2.21. The zero-order chi connectivity index (χ0) is 9.40. The Bertz CT molecular complexity index is 122. The highest BCUT2D eigenvalue weighted by Gasteiger charge is 2.03. The average Bonchev–Trinajstić information content (AvgIpc) is 2.07. The molecule has 0 amide bonds. The van der Waals surface area contributed by atoms with E-state index in [4.69, 9.17) is 5.41 Å². The second kappa shape index (κ2) is 7.47. The molecule has 12 heavy (non-hydrogen) atoms. The Hall–Kier alpha value is -0.180. The molecule has 2 nitrogen and oxygen atoms in total. The van der Waals surface area contributed by atoms with Gasteiger partial charge in [0.15, 0.2) is 0 Å². The van der Waals surface area contributed by atoms with Gasteiger partial charge in [0.1, 0.15) is 5.84 Å². The highest BCUT2D eigenvalue weighted by atomic mass is 32.2. The van der Waals surface area contributed by atoms with Crippen molar-refractivity contribution >= 4 is 17.6 Å². The maximum absolute atomic E-state index is 7.73. The number of thioether (sulfide) groups is 1. The highest BCUT2D eigenvalue weighted by Crippen LogP contribution is 2.04. The van der Waals surface area contributed by atoms with E-state index in [0.29, 0.717) is 0 Å². The Morgan fingerprint density at radius 3 is 2.25 bits per heavy atom. The summed E-state index contributed by atoms with van der Waals surface area (Å²) in [6.45, 7) is 8.29. The van der Waals surface area contributed by atoms with E-state index in [1.165, 1.54) is 12.2 Å². The Balaban J connectivity index is 3.54. The first-order valence-corrected chi connectivity index (χ1v) is 5.81. The lowest BCUT2D eigenvalue weighted by Crippen LogP contribution is -2.31. The Kier molecular flexibility index (Phi) is 7.36. The fourth-order valence-electron chi connectivity index (χ4n) is 1.01. The molecule has 0 aromatic carbocycles. The second-order valence-electron chi connectivity index (χ2n) is 2.67. The number of amidine groups is 1. The van der Waals surface area contributed by atoms with Gasteiger partial charge in [-0.25, -0.2) is 0 Å². The summed E-state index contributed by atoms with van der Waals surface area (Å²) in [4.78, 5) is 2.10. The van der Waals surface area contributed by atoms with Crippen molar-refractivity contribution in [1.82, 2.24) is 4.90 Å². The van der Waals surface area contributed by atoms with Crippen LogP contribution in [0.5, 0.6) is 0 Å². The molecule has 0 fully saturated rings. The van der Waals surface area contributed by atoms with Crippen LogP contribution in [0.3, 0.4) is 0 Å². The third-order valence-corrected chi connectivity index (χ3v) is 2.91. The van der Waals surface area contributed by atoms with Gasteiger partial charge in [0.05, 0.1) is 5.75 Å². The zero-order valence-electron chi connectivity index (χ0n) is 8.39. The first-order chi connectivity index (χ1) is 5.76. The van der Waals surface area contributed by atoms with Crippen LogP contribution in [0.25, 0.3) is 0 Å². The van der Waals surface area contributed by atoms with Gasteiger partial charge in [-0.2, -0.15) is 11.8 Å². The molecule has 0 aromatic heterocycles. The summed E-state index contributed by atoms with van der Waals surface area (Å²) in [5.74, 6) is 2.82. The van der Waals surface area contributed by atoms with Crippen molar-refractivity contribution in [1.29, 1.82) is 5.41 Å². The molecule has 0 spiro atoms. The van der Waals surface area contributed by atoms with Crippen molar-refractivity contribution in [2.24, 2.45) is 0 Å². The quantitative estimate of drug-likeness (QED) is 0.394. The molecule has 0 bridgehead atoms. The molecule has 0 rings (SSSR count). The van der Waals surface area contributed by atoms with E-state index in [2.05, 4.69) is 25.7 Å². The Labute approximate surface area is 80.2 Å². The van der Waals surface area contributed by atoms with Crippen LogP contribution in [0.2, 0.25) is 0 Å². The van der Waals surface area contributed by atoms with Crippen molar-refractivity contribution in [3.8, 4) is 0 Å². The smallest absolute Gasteiger partial charge is 0.106 e. The van der Waals surface area contributed by atoms with Gasteiger partial charge in [-0.05, 0) is 26.0 Å². The van der Waals surface area contributed by atoms with Gasteiger partial charge in [-0.15, -0.1) is 0 Å². The summed E-state index contributed by atoms with van der Waals surface area (Å²) in [7, 11) is 0. The van der Waals surface area contributed by atoms with E-state index in [-0.39, 0.29) is 0 Å². The monoisotopic (exact) mass is 188 g/mol. The minimum atomic E-state index is 0.776. The lowest BCUT2D eigenvalue weighted by atomic mass is 10.5. The van der Waals surface area contributed by atoms with Gasteiger partial charge in [-0.3, -0.25) is 5.41 Å². The van der Waals surface area contributed by atoms with E-state index in [0.717, 1.165) is 24.7 Å². The van der Waals surface area contributed by atoms with Crippen LogP contribution < -0.4 is 0 Å². The molecule has 0 aliphatic rings. The largest absolute Gasteiger partial charge is 0.360 e. The molecule has 3 heteroatoms. The molecule has 0 saturated carbocycles. The average molecular weight is 188 g/mol. The summed E-state index contributed by atoms with van der Waals surface area (Å²) >= 11 is 1.85. The zero-order valence-corrected chi connectivity index (χ0v) is 9.21. The molecule has 0 radical (unpaired) electrons. The molecule has 0 unspecified atom stereocenters. The van der Waals surface area contributed by atoms with Gasteiger partial charge in [-0.1, -0.05) is 6.92 Å². The normalized spacial score (nSPS) is 9.92. The maximum Gasteiger partial charge on any atom is 0.106 e. The molecule has 0 atom stereocenters. The molecule has 72 valence electrons. The van der Waals surface area contributed by atoms with Gasteiger partial charge in [0.2, 0.25) is 0 Å². The number of rotatable bonds is 6. The minimum absolute atomic E-state index is 0.776. The summed E-state index contributed by atoms with van der Waals surface area (Å²) < 4.78 is 0. The van der Waals surface area contributed by atoms with E-state index >= 15 is 0 Å². The number of hydrogen-bond acceptors (Lipinski definition) is 2.